The van der Waals surface area contributed by atoms with Crippen LogP contribution in [0.15, 0.2) is 94.1 Å². The van der Waals surface area contributed by atoms with Crippen LogP contribution in [0.5, 0.6) is 0 Å². The van der Waals surface area contributed by atoms with Crippen LogP contribution in [-0.4, -0.2) is 43.3 Å². The van der Waals surface area contributed by atoms with Crippen molar-refractivity contribution in [2.75, 3.05) is 13.1 Å². The van der Waals surface area contributed by atoms with Gasteiger partial charge in [0.1, 0.15) is 8.64 Å². The summed E-state index contributed by atoms with van der Waals surface area (Å²) in [7, 11) is 0. The Hall–Kier alpha value is -3.96. The largest absolute Gasteiger partial charge is 0.293 e. The number of carbonyl (C=O) groups is 2. The van der Waals surface area contributed by atoms with Gasteiger partial charge in [-0.2, -0.15) is 0 Å². The predicted molar refractivity (Wildman–Crippen MR) is 613 cm³/mol. The molecule has 2 atom stereocenters. The molecule has 2 fully saturated rings. The molecule has 18 heteroatoms. The lowest BCUT2D eigenvalue weighted by molar-refractivity contribution is -0.123. The number of hydrogen-bond acceptors (Lipinski definition) is 16. The van der Waals surface area contributed by atoms with Gasteiger partial charge in [0.05, 0.1) is 9.81 Å². The zero-order valence-corrected chi connectivity index (χ0v) is 93.0. The Kier molecular flexibility index (Phi) is 44.6. The van der Waals surface area contributed by atoms with Gasteiger partial charge in [0, 0.05) is 138 Å². The molecule has 0 radical (unpaired) electrons. The third kappa shape index (κ3) is 28.9. The van der Waals surface area contributed by atoms with Crippen molar-refractivity contribution in [3.05, 3.63) is 136 Å². The fraction of sp³-hybridized carbons (Fsp3) is 0.561. The Bertz CT molecular complexity index is 5480. The smallest absolute Gasteiger partial charge is 0.266 e. The number of aryl methyl sites for hydroxylation is 4. The normalized spacial score (nSPS) is 14.4. The molecule has 11 aromatic rings. The van der Waals surface area contributed by atoms with Gasteiger partial charge in [-0.1, -0.05) is 361 Å². The van der Waals surface area contributed by atoms with Gasteiger partial charge in [0.2, 0.25) is 0 Å². The lowest BCUT2D eigenvalue weighted by Crippen LogP contribution is -2.28. The summed E-state index contributed by atoms with van der Waals surface area (Å²) < 4.78 is 4.27. The van der Waals surface area contributed by atoms with Crippen molar-refractivity contribution < 1.29 is 9.59 Å². The molecule has 2 saturated heterocycles. The number of amides is 2. The Morgan fingerprint density at radius 3 is 1.06 bits per heavy atom. The van der Waals surface area contributed by atoms with E-state index in [-0.39, 0.29) is 11.8 Å². The topological polar surface area (TPSA) is 40.6 Å². The number of nitrogens with zero attached hydrogens (tertiary/aromatic N) is 2. The van der Waals surface area contributed by atoms with Crippen molar-refractivity contribution in [1.82, 2.24) is 9.80 Å². The lowest BCUT2D eigenvalue weighted by atomic mass is 9.95. The first-order chi connectivity index (χ1) is 64.7. The van der Waals surface area contributed by atoms with Crippen molar-refractivity contribution in [1.29, 1.82) is 0 Å². The van der Waals surface area contributed by atoms with Crippen LogP contribution in [-0.2, 0) is 48.1 Å². The molecule has 132 heavy (non-hydrogen) atoms. The second kappa shape index (κ2) is 55.9. The second-order valence-corrected chi connectivity index (χ2v) is 51.8. The number of thiophene rings is 10. The number of carbonyl (C=O) groups excluding carboxylic acids is 2. The molecular weight excluding hydrogens is 1880 g/mol. The van der Waals surface area contributed by atoms with Crippen molar-refractivity contribution in [3.63, 3.8) is 0 Å². The maximum Gasteiger partial charge on any atom is 0.266 e. The number of fused-ring (bicyclic) bond motifs is 2. The van der Waals surface area contributed by atoms with Crippen molar-refractivity contribution in [2.45, 2.75) is 390 Å². The molecule has 2 aliphatic rings. The van der Waals surface area contributed by atoms with Gasteiger partial charge in [0.25, 0.3) is 11.8 Å². The van der Waals surface area contributed by atoms with Crippen LogP contribution in [0.25, 0.3) is 112 Å². The molecule has 10 aromatic heterocycles. The van der Waals surface area contributed by atoms with Crippen LogP contribution in [0.2, 0.25) is 0 Å². The Labute approximate surface area is 855 Å². The van der Waals surface area contributed by atoms with E-state index in [4.69, 9.17) is 24.4 Å². The van der Waals surface area contributed by atoms with E-state index in [0.717, 1.165) is 83.8 Å². The van der Waals surface area contributed by atoms with E-state index in [0.29, 0.717) is 33.6 Å². The molecule has 0 spiro atoms. The summed E-state index contributed by atoms with van der Waals surface area (Å²) in [6.07, 6.45) is 65.4. The summed E-state index contributed by atoms with van der Waals surface area (Å²) in [6, 6.07) is 32.9. The van der Waals surface area contributed by atoms with Gasteiger partial charge in [-0.05, 0) is 202 Å². The molecular formula is C114H152N2O2S14. The highest BCUT2D eigenvalue weighted by molar-refractivity contribution is 8.27. The van der Waals surface area contributed by atoms with Crippen LogP contribution in [0, 0.1) is 11.8 Å². The number of hydrogen-bond donors (Lipinski definition) is 0. The fourth-order valence-electron chi connectivity index (χ4n) is 19.3. The average Bonchev–Trinajstić information content (AvgIpc) is 1.55. The lowest BCUT2D eigenvalue weighted by Gasteiger charge is -2.13. The van der Waals surface area contributed by atoms with Gasteiger partial charge in [-0.15, -0.1) is 113 Å². The van der Waals surface area contributed by atoms with E-state index in [9.17, 15) is 9.59 Å². The summed E-state index contributed by atoms with van der Waals surface area (Å²) in [4.78, 5) is 57.2. The third-order valence-electron chi connectivity index (χ3n) is 27.2. The van der Waals surface area contributed by atoms with E-state index in [1.165, 1.54) is 413 Å². The Balaban J connectivity index is 0.941. The molecule has 13 rings (SSSR count). The zero-order chi connectivity index (χ0) is 92.5. The van der Waals surface area contributed by atoms with Crippen LogP contribution < -0.4 is 0 Å². The first-order valence-electron chi connectivity index (χ1n) is 52.1. The van der Waals surface area contributed by atoms with Crippen LogP contribution in [0.3, 0.4) is 0 Å². The average molecular weight is 2030 g/mol. The SMILES string of the molecule is CCCCCCCCc1cc(/C=C2\SC(=S)N(CCCCCCCC)C2=O)sc1-c1ccc(-c2sc(-c3cc4c(-c5ccc(CC(CC)CCCC)s5)c5scc(-c6cc(CCCCCCCC)c(-c7ccc(-c8sc(/C=C9\SC(=S)N(CCCCCCCC)C9=O)cc8CCCCCCCC)s7)s6)c5c(-c5ccc(CC(CC)CCCC)s5)c4s3)cc2CCCCCCCC)s1. The number of thioether (sulfide) groups is 2. The van der Waals surface area contributed by atoms with Crippen LogP contribution in [0.1, 0.15) is 394 Å². The maximum atomic E-state index is 14.3. The van der Waals surface area contributed by atoms with E-state index in [1.807, 2.05) is 66.5 Å². The van der Waals surface area contributed by atoms with Gasteiger partial charge in [-0.3, -0.25) is 19.4 Å². The Morgan fingerprint density at radius 1 is 0.318 bits per heavy atom. The monoisotopic (exact) mass is 2030 g/mol. The second-order valence-electron chi connectivity index (χ2n) is 37.8. The highest BCUT2D eigenvalue weighted by Crippen LogP contribution is 2.59. The minimum atomic E-state index is 0.0797. The van der Waals surface area contributed by atoms with Gasteiger partial charge in [0.15, 0.2) is 0 Å². The minimum absolute atomic E-state index is 0.0797. The van der Waals surface area contributed by atoms with E-state index < -0.39 is 0 Å². The molecule has 0 aliphatic carbocycles. The van der Waals surface area contributed by atoms with E-state index in [2.05, 4.69) is 222 Å². The summed E-state index contributed by atoms with van der Waals surface area (Å²) in [5.41, 5.74) is 10.1. The van der Waals surface area contributed by atoms with Crippen molar-refractivity contribution in [3.8, 4) is 80.1 Å². The molecule has 0 saturated carbocycles. The fourth-order valence-corrected chi connectivity index (χ4v) is 34.4. The molecule has 0 N–H and O–H groups in total. The van der Waals surface area contributed by atoms with Gasteiger partial charge in [-0.25, -0.2) is 0 Å². The van der Waals surface area contributed by atoms with Gasteiger partial charge < -0.3 is 0 Å². The standard InChI is InChI=1S/C114H152N2O2S14/c1-11-21-29-35-41-47-55-81-71-87(75-100-111(117)115(113(119)131-100)67-51-45-39-33-25-15-5)124-105(81)93-63-65-95(126-93)107-83(57-49-43-37-31-23-13-3)73-97(128-107)90-78-121-110-102(91-61-59-85(122-91)69-79(19-9)53-27-17-7)89-77-99(130-109(89)104(103(90)110)92-62-60-86(123-92)70-80(20-10)54-28-18-8)98-74-84(58-50-44-38-32-24-14-4)108(129-98)96-66-64-94(127-96)106-82(56-48-42-36-30-22-12-2)72-88(125-106)76-101-112(118)116(114(120)132-101)68-52-46-40-34-26-16-6/h59-66,71-80H,11-58,67-70H2,1-10H3/b100-75-,101-76-. The summed E-state index contributed by atoms with van der Waals surface area (Å²) >= 11 is 35.1. The highest BCUT2D eigenvalue weighted by atomic mass is 32.2. The van der Waals surface area contributed by atoms with Crippen molar-refractivity contribution >= 4 is 214 Å². The maximum absolute atomic E-state index is 14.3. The molecule has 2 aliphatic heterocycles. The van der Waals surface area contributed by atoms with Crippen molar-refractivity contribution in [2.24, 2.45) is 11.8 Å². The van der Waals surface area contributed by atoms with E-state index >= 15 is 0 Å². The number of thiocarbonyl (C=S) groups is 2. The number of unbranched alkanes of at least 4 members (excludes halogenated alkanes) is 32. The number of benzene rings is 1. The highest BCUT2D eigenvalue weighted by Gasteiger charge is 2.35. The zero-order valence-electron chi connectivity index (χ0n) is 81.6. The molecule has 0 bridgehead atoms. The first kappa shape index (κ1) is 105. The molecule has 4 nitrogen and oxygen atoms in total. The summed E-state index contributed by atoms with van der Waals surface area (Å²) in [5, 5.41) is 5.45. The van der Waals surface area contributed by atoms with Crippen LogP contribution in [0.4, 0.5) is 0 Å². The molecule has 12 heterocycles. The predicted octanol–water partition coefficient (Wildman–Crippen LogP) is 42.2. The molecule has 2 unspecified atom stereocenters. The molecule has 2 amide bonds. The molecule has 1 aromatic carbocycles. The Morgan fingerprint density at radius 2 is 0.659 bits per heavy atom. The van der Waals surface area contributed by atoms with Crippen LogP contribution >= 0.6 is 161 Å². The first-order valence-corrected chi connectivity index (χ1v) is 62.8. The third-order valence-corrected chi connectivity index (χ3v) is 42.1. The minimum Gasteiger partial charge on any atom is -0.293 e. The van der Waals surface area contributed by atoms with E-state index in [1.54, 1.807) is 0 Å². The summed E-state index contributed by atoms with van der Waals surface area (Å²) in [5.74, 6) is 1.50. The summed E-state index contributed by atoms with van der Waals surface area (Å²) in [6.45, 7) is 24.8. The molecule has 714 valence electrons. The quantitative estimate of drug-likeness (QED) is 0.0215. The van der Waals surface area contributed by atoms with Gasteiger partial charge >= 0.3 is 0 Å². The number of rotatable bonds is 64.